The first-order chi connectivity index (χ1) is 9.43. The fourth-order valence-electron chi connectivity index (χ4n) is 2.69. The van der Waals surface area contributed by atoms with Crippen LogP contribution in [0, 0.1) is 0 Å². The lowest BCUT2D eigenvalue weighted by Gasteiger charge is -2.31. The summed E-state index contributed by atoms with van der Waals surface area (Å²) in [5, 5.41) is 19.9. The van der Waals surface area contributed by atoms with Gasteiger partial charge in [0.2, 0.25) is 0 Å². The van der Waals surface area contributed by atoms with E-state index in [1.165, 1.54) is 0 Å². The number of nitrogens with two attached hydrogens (primary N) is 1. The van der Waals surface area contributed by atoms with Gasteiger partial charge in [0.25, 0.3) is 5.91 Å². The fraction of sp³-hybridized carbons (Fsp3) is 0.714. The zero-order chi connectivity index (χ0) is 14.8. The number of hydrogen-bond acceptors (Lipinski definition) is 4. The maximum atomic E-state index is 12.1. The van der Waals surface area contributed by atoms with Crippen molar-refractivity contribution >= 4 is 11.6 Å². The summed E-state index contributed by atoms with van der Waals surface area (Å²) >= 11 is 0. The molecule has 0 spiro atoms. The monoisotopic (exact) mass is 280 g/mol. The molecule has 1 aliphatic rings. The Labute approximate surface area is 119 Å². The van der Waals surface area contributed by atoms with Gasteiger partial charge in [0.1, 0.15) is 0 Å². The first-order valence-electron chi connectivity index (χ1n) is 7.27. The topological polar surface area (TPSA) is 104 Å². The number of H-pyrrole nitrogens is 1. The van der Waals surface area contributed by atoms with Crippen LogP contribution < -0.4 is 11.1 Å². The molecular weight excluding hydrogens is 256 g/mol. The van der Waals surface area contributed by atoms with Gasteiger partial charge in [-0.25, -0.2) is 0 Å². The van der Waals surface area contributed by atoms with Gasteiger partial charge in [-0.05, 0) is 18.8 Å². The molecule has 0 unspecified atom stereocenters. The van der Waals surface area contributed by atoms with Crippen molar-refractivity contribution in [2.75, 3.05) is 12.3 Å². The Bertz CT molecular complexity index is 476. The van der Waals surface area contributed by atoms with Crippen molar-refractivity contribution in [3.8, 4) is 0 Å². The molecule has 5 N–H and O–H groups in total. The number of hydrogen-bond donors (Lipinski definition) is 4. The highest BCUT2D eigenvalue weighted by atomic mass is 16.3. The molecule has 1 aliphatic carbocycles. The number of aromatic nitrogens is 2. The summed E-state index contributed by atoms with van der Waals surface area (Å²) in [5.41, 5.74) is 6.53. The van der Waals surface area contributed by atoms with E-state index in [0.717, 1.165) is 37.8 Å². The number of nitrogen functional groups attached to an aromatic ring is 1. The van der Waals surface area contributed by atoms with Crippen LogP contribution in [0.3, 0.4) is 0 Å². The number of nitrogens with zero attached hydrogens (tertiary/aromatic N) is 1. The number of nitrogens with one attached hydrogen (secondary N) is 2. The van der Waals surface area contributed by atoms with E-state index < -0.39 is 5.60 Å². The number of aromatic amines is 1. The number of carbonyl (C=O) groups is 1. The van der Waals surface area contributed by atoms with Crippen LogP contribution in [0.4, 0.5) is 5.69 Å². The molecule has 1 heterocycles. The average molecular weight is 280 g/mol. The largest absolute Gasteiger partial charge is 0.395 e. The SMILES string of the molecule is CC(C)c1[nH]nc(C(=O)NCC2(O)CCCCC2)c1N. The lowest BCUT2D eigenvalue weighted by atomic mass is 9.85. The zero-order valence-electron chi connectivity index (χ0n) is 12.2. The predicted molar refractivity (Wildman–Crippen MR) is 77.5 cm³/mol. The minimum Gasteiger partial charge on any atom is -0.395 e. The highest BCUT2D eigenvalue weighted by Gasteiger charge is 2.30. The van der Waals surface area contributed by atoms with Gasteiger partial charge in [-0.3, -0.25) is 9.89 Å². The normalized spacial score (nSPS) is 18.2. The minimum atomic E-state index is -0.778. The number of rotatable bonds is 4. The Kier molecular flexibility index (Phi) is 4.32. The van der Waals surface area contributed by atoms with E-state index in [9.17, 15) is 9.90 Å². The summed E-state index contributed by atoms with van der Waals surface area (Å²) in [6, 6.07) is 0. The zero-order valence-corrected chi connectivity index (χ0v) is 12.2. The molecule has 1 fully saturated rings. The van der Waals surface area contributed by atoms with Crippen molar-refractivity contribution in [1.82, 2.24) is 15.5 Å². The molecule has 112 valence electrons. The molecule has 0 atom stereocenters. The van der Waals surface area contributed by atoms with Gasteiger partial charge < -0.3 is 16.2 Å². The van der Waals surface area contributed by atoms with E-state index in [1.54, 1.807) is 0 Å². The molecule has 1 amide bonds. The van der Waals surface area contributed by atoms with E-state index in [4.69, 9.17) is 5.73 Å². The molecule has 0 saturated heterocycles. The second-order valence-electron chi connectivity index (χ2n) is 6.02. The Morgan fingerprint density at radius 1 is 1.45 bits per heavy atom. The van der Waals surface area contributed by atoms with Gasteiger partial charge in [0.05, 0.1) is 17.0 Å². The highest BCUT2D eigenvalue weighted by Crippen LogP contribution is 2.27. The summed E-state index contributed by atoms with van der Waals surface area (Å²) in [5.74, 6) is -0.142. The van der Waals surface area contributed by atoms with Crippen LogP contribution in [0.1, 0.15) is 68.1 Å². The van der Waals surface area contributed by atoms with E-state index >= 15 is 0 Å². The Balaban J connectivity index is 1.98. The molecule has 1 aromatic heterocycles. The van der Waals surface area contributed by atoms with Crippen molar-refractivity contribution in [3.05, 3.63) is 11.4 Å². The Morgan fingerprint density at radius 2 is 2.10 bits per heavy atom. The van der Waals surface area contributed by atoms with Crippen molar-refractivity contribution in [3.63, 3.8) is 0 Å². The van der Waals surface area contributed by atoms with E-state index in [-0.39, 0.29) is 24.1 Å². The van der Waals surface area contributed by atoms with E-state index in [1.807, 2.05) is 13.8 Å². The second-order valence-corrected chi connectivity index (χ2v) is 6.02. The van der Waals surface area contributed by atoms with E-state index in [2.05, 4.69) is 15.5 Å². The van der Waals surface area contributed by atoms with Crippen molar-refractivity contribution in [2.45, 2.75) is 57.5 Å². The molecule has 1 saturated carbocycles. The van der Waals surface area contributed by atoms with Gasteiger partial charge >= 0.3 is 0 Å². The van der Waals surface area contributed by atoms with Crippen LogP contribution in [0.5, 0.6) is 0 Å². The maximum Gasteiger partial charge on any atom is 0.274 e. The fourth-order valence-corrected chi connectivity index (χ4v) is 2.69. The molecule has 0 aliphatic heterocycles. The van der Waals surface area contributed by atoms with Gasteiger partial charge in [0.15, 0.2) is 5.69 Å². The highest BCUT2D eigenvalue weighted by molar-refractivity contribution is 5.97. The summed E-state index contributed by atoms with van der Waals surface area (Å²) in [6.45, 7) is 4.22. The van der Waals surface area contributed by atoms with Crippen molar-refractivity contribution < 1.29 is 9.90 Å². The molecule has 6 nitrogen and oxygen atoms in total. The van der Waals surface area contributed by atoms with Crippen molar-refractivity contribution in [1.29, 1.82) is 0 Å². The van der Waals surface area contributed by atoms with Gasteiger partial charge in [-0.2, -0.15) is 5.10 Å². The molecule has 20 heavy (non-hydrogen) atoms. The third-order valence-electron chi connectivity index (χ3n) is 3.99. The summed E-state index contributed by atoms with van der Waals surface area (Å²) in [4.78, 5) is 12.1. The van der Waals surface area contributed by atoms with Crippen LogP contribution in [0.15, 0.2) is 0 Å². The smallest absolute Gasteiger partial charge is 0.274 e. The predicted octanol–water partition coefficient (Wildman–Crippen LogP) is 1.54. The molecule has 0 radical (unpaired) electrons. The molecule has 0 aromatic carbocycles. The summed E-state index contributed by atoms with van der Waals surface area (Å²) in [6.07, 6.45) is 4.64. The number of aliphatic hydroxyl groups is 1. The molecule has 1 aromatic rings. The van der Waals surface area contributed by atoms with Gasteiger partial charge in [-0.15, -0.1) is 0 Å². The van der Waals surface area contributed by atoms with Gasteiger partial charge in [0, 0.05) is 6.54 Å². The van der Waals surface area contributed by atoms with Crippen LogP contribution in [-0.4, -0.2) is 33.4 Å². The molecular formula is C14H24N4O2. The van der Waals surface area contributed by atoms with Crippen molar-refractivity contribution in [2.24, 2.45) is 0 Å². The number of amides is 1. The number of carbonyl (C=O) groups excluding carboxylic acids is 1. The lowest BCUT2D eigenvalue weighted by molar-refractivity contribution is 0.00522. The second kappa shape index (κ2) is 5.83. The standard InChI is InChI=1S/C14H24N4O2/c1-9(2)11-10(15)12(18-17-11)13(19)16-8-14(20)6-4-3-5-7-14/h9,20H,3-8,15H2,1-2H3,(H,16,19)(H,17,18). The Hall–Kier alpha value is -1.56. The van der Waals surface area contributed by atoms with Crippen LogP contribution in [0.2, 0.25) is 0 Å². The van der Waals surface area contributed by atoms with E-state index in [0.29, 0.717) is 5.69 Å². The average Bonchev–Trinajstić information content (AvgIpc) is 2.79. The minimum absolute atomic E-state index is 0.187. The summed E-state index contributed by atoms with van der Waals surface area (Å²) in [7, 11) is 0. The van der Waals surface area contributed by atoms with Gasteiger partial charge in [-0.1, -0.05) is 33.1 Å². The third-order valence-corrected chi connectivity index (χ3v) is 3.99. The number of anilines is 1. The quantitative estimate of drug-likeness (QED) is 0.671. The molecule has 0 bridgehead atoms. The molecule has 6 heteroatoms. The lowest BCUT2D eigenvalue weighted by Crippen LogP contribution is -2.44. The van der Waals surface area contributed by atoms with Crippen LogP contribution in [0.25, 0.3) is 0 Å². The summed E-state index contributed by atoms with van der Waals surface area (Å²) < 4.78 is 0. The van der Waals surface area contributed by atoms with Crippen LogP contribution >= 0.6 is 0 Å². The molecule has 2 rings (SSSR count). The first kappa shape index (κ1) is 14.8. The first-order valence-corrected chi connectivity index (χ1v) is 7.27. The maximum absolute atomic E-state index is 12.1. The third kappa shape index (κ3) is 3.12. The van der Waals surface area contributed by atoms with Crippen LogP contribution in [-0.2, 0) is 0 Å². The Morgan fingerprint density at radius 3 is 2.65 bits per heavy atom.